The van der Waals surface area contributed by atoms with Gasteiger partial charge in [-0.1, -0.05) is 38.0 Å². The molecule has 1 aromatic heterocycles. The number of nitrogens with one attached hydrogen (secondary N) is 1. The van der Waals surface area contributed by atoms with Gasteiger partial charge in [-0.05, 0) is 32.4 Å². The molecule has 0 aliphatic carbocycles. The van der Waals surface area contributed by atoms with Gasteiger partial charge in [-0.2, -0.15) is 5.10 Å². The Morgan fingerprint density at radius 2 is 1.88 bits per heavy atom. The lowest BCUT2D eigenvalue weighted by atomic mass is 10.0. The van der Waals surface area contributed by atoms with Crippen molar-refractivity contribution in [3.8, 4) is 0 Å². The summed E-state index contributed by atoms with van der Waals surface area (Å²) >= 11 is 0. The standard InChI is InChI=1S/C20H28N4O2/c1-3-4-7-12-24-19(25)17-9-6-5-8-16(17)18(22-24)20(26)23-13-10-15(21-2)11-14-23/h5-6,8-9,15,21H,3-4,7,10-14H2,1-2H3. The van der Waals surface area contributed by atoms with Crippen molar-refractivity contribution in [2.75, 3.05) is 20.1 Å². The van der Waals surface area contributed by atoms with Crippen LogP contribution >= 0.6 is 0 Å². The van der Waals surface area contributed by atoms with Gasteiger partial charge in [0.15, 0.2) is 5.69 Å². The summed E-state index contributed by atoms with van der Waals surface area (Å²) in [5.74, 6) is -0.0694. The number of aryl methyl sites for hydroxylation is 1. The third-order valence-corrected chi connectivity index (χ3v) is 5.23. The minimum absolute atomic E-state index is 0.0694. The molecule has 2 aromatic rings. The van der Waals surface area contributed by atoms with E-state index >= 15 is 0 Å². The summed E-state index contributed by atoms with van der Waals surface area (Å²) < 4.78 is 1.48. The van der Waals surface area contributed by atoms with Crippen molar-refractivity contribution in [3.05, 3.63) is 40.3 Å². The fourth-order valence-electron chi connectivity index (χ4n) is 3.58. The number of fused-ring (bicyclic) bond motifs is 1. The second kappa shape index (κ2) is 8.45. The highest BCUT2D eigenvalue weighted by molar-refractivity contribution is 6.04. The number of benzene rings is 1. The first kappa shape index (κ1) is 18.6. The summed E-state index contributed by atoms with van der Waals surface area (Å²) in [7, 11) is 1.96. The molecule has 1 aromatic carbocycles. The number of aromatic nitrogens is 2. The van der Waals surface area contributed by atoms with Gasteiger partial charge in [0, 0.05) is 31.1 Å². The van der Waals surface area contributed by atoms with Gasteiger partial charge in [0.1, 0.15) is 0 Å². The SMILES string of the molecule is CCCCCn1nc(C(=O)N2CCC(NC)CC2)c2ccccc2c1=O. The number of carbonyl (C=O) groups excluding carboxylic acids is 1. The van der Waals surface area contributed by atoms with Crippen molar-refractivity contribution in [2.24, 2.45) is 0 Å². The summed E-state index contributed by atoms with van der Waals surface area (Å²) in [6, 6.07) is 7.78. The molecule has 1 saturated heterocycles. The molecule has 1 amide bonds. The highest BCUT2D eigenvalue weighted by Crippen LogP contribution is 2.18. The monoisotopic (exact) mass is 356 g/mol. The lowest BCUT2D eigenvalue weighted by Gasteiger charge is -2.31. The Bertz CT molecular complexity index is 822. The molecule has 2 heterocycles. The molecule has 0 radical (unpaired) electrons. The maximum Gasteiger partial charge on any atom is 0.274 e. The van der Waals surface area contributed by atoms with E-state index in [-0.39, 0.29) is 11.5 Å². The molecule has 0 atom stereocenters. The van der Waals surface area contributed by atoms with Gasteiger partial charge >= 0.3 is 0 Å². The Balaban J connectivity index is 1.94. The topological polar surface area (TPSA) is 67.2 Å². The molecular formula is C20H28N4O2. The third-order valence-electron chi connectivity index (χ3n) is 5.23. The van der Waals surface area contributed by atoms with Gasteiger partial charge in [-0.15, -0.1) is 0 Å². The van der Waals surface area contributed by atoms with Crippen LogP contribution in [0, 0.1) is 0 Å². The number of hydrogen-bond donors (Lipinski definition) is 1. The Hall–Kier alpha value is -2.21. The van der Waals surface area contributed by atoms with Crippen LogP contribution in [0.1, 0.15) is 49.5 Å². The number of carbonyl (C=O) groups is 1. The van der Waals surface area contributed by atoms with E-state index in [0.29, 0.717) is 29.1 Å². The summed E-state index contributed by atoms with van der Waals surface area (Å²) in [5, 5.41) is 9.00. The molecule has 0 bridgehead atoms. The van der Waals surface area contributed by atoms with Crippen LogP contribution in [-0.2, 0) is 6.54 Å². The fraction of sp³-hybridized carbons (Fsp3) is 0.550. The average molecular weight is 356 g/mol. The Labute approximate surface area is 154 Å². The predicted octanol–water partition coefficient (Wildman–Crippen LogP) is 2.41. The van der Waals surface area contributed by atoms with Crippen molar-refractivity contribution in [1.29, 1.82) is 0 Å². The van der Waals surface area contributed by atoms with Gasteiger partial charge in [-0.25, -0.2) is 4.68 Å². The van der Waals surface area contributed by atoms with Gasteiger partial charge in [0.25, 0.3) is 11.5 Å². The minimum Gasteiger partial charge on any atom is -0.337 e. The maximum absolute atomic E-state index is 13.1. The van der Waals surface area contributed by atoms with Gasteiger partial charge < -0.3 is 10.2 Å². The van der Waals surface area contributed by atoms with Gasteiger partial charge in [0.05, 0.1) is 5.39 Å². The summed E-state index contributed by atoms with van der Waals surface area (Å²) in [6.07, 6.45) is 4.89. The molecule has 140 valence electrons. The van der Waals surface area contributed by atoms with Crippen LogP contribution in [-0.4, -0.2) is 46.8 Å². The summed E-state index contributed by atoms with van der Waals surface area (Å²) in [6.45, 7) is 4.12. The highest BCUT2D eigenvalue weighted by Gasteiger charge is 2.26. The zero-order chi connectivity index (χ0) is 18.5. The molecule has 0 unspecified atom stereocenters. The first-order chi connectivity index (χ1) is 12.7. The third kappa shape index (κ3) is 3.80. The normalized spacial score (nSPS) is 15.5. The lowest BCUT2D eigenvalue weighted by Crippen LogP contribution is -2.44. The van der Waals surface area contributed by atoms with Crippen LogP contribution < -0.4 is 10.9 Å². The van der Waals surface area contributed by atoms with Crippen LogP contribution in [0.3, 0.4) is 0 Å². The predicted molar refractivity (Wildman–Crippen MR) is 104 cm³/mol. The van der Waals surface area contributed by atoms with E-state index in [2.05, 4.69) is 17.3 Å². The molecule has 0 spiro atoms. The van der Waals surface area contributed by atoms with Gasteiger partial charge in [0.2, 0.25) is 0 Å². The molecule has 6 heteroatoms. The van der Waals surface area contributed by atoms with Crippen molar-refractivity contribution in [1.82, 2.24) is 20.0 Å². The molecule has 1 aliphatic heterocycles. The smallest absolute Gasteiger partial charge is 0.274 e. The number of piperidine rings is 1. The van der Waals surface area contributed by atoms with E-state index in [1.54, 1.807) is 6.07 Å². The van der Waals surface area contributed by atoms with Crippen LogP contribution in [0.15, 0.2) is 29.1 Å². The Kier molecular flexibility index (Phi) is 6.04. The van der Waals surface area contributed by atoms with Crippen molar-refractivity contribution >= 4 is 16.7 Å². The maximum atomic E-state index is 13.1. The van der Waals surface area contributed by atoms with Crippen LogP contribution in [0.5, 0.6) is 0 Å². The summed E-state index contributed by atoms with van der Waals surface area (Å²) in [4.78, 5) is 27.7. The van der Waals surface area contributed by atoms with E-state index < -0.39 is 0 Å². The molecule has 3 rings (SSSR count). The van der Waals surface area contributed by atoms with Crippen LogP contribution in [0.2, 0.25) is 0 Å². The van der Waals surface area contributed by atoms with E-state index in [1.165, 1.54) is 4.68 Å². The fourth-order valence-corrected chi connectivity index (χ4v) is 3.58. The van der Waals surface area contributed by atoms with Gasteiger partial charge in [-0.3, -0.25) is 9.59 Å². The molecule has 0 saturated carbocycles. The van der Waals surface area contributed by atoms with E-state index in [1.807, 2.05) is 30.1 Å². The zero-order valence-corrected chi connectivity index (χ0v) is 15.7. The Morgan fingerprint density at radius 1 is 1.19 bits per heavy atom. The molecule has 26 heavy (non-hydrogen) atoms. The highest BCUT2D eigenvalue weighted by atomic mass is 16.2. The van der Waals surface area contributed by atoms with E-state index in [9.17, 15) is 9.59 Å². The largest absolute Gasteiger partial charge is 0.337 e. The van der Waals surface area contributed by atoms with Crippen LogP contribution in [0.25, 0.3) is 10.8 Å². The van der Waals surface area contributed by atoms with Crippen molar-refractivity contribution in [2.45, 2.75) is 51.6 Å². The number of nitrogens with zero attached hydrogens (tertiary/aromatic N) is 3. The Morgan fingerprint density at radius 3 is 2.54 bits per heavy atom. The zero-order valence-electron chi connectivity index (χ0n) is 15.7. The van der Waals surface area contributed by atoms with E-state index in [0.717, 1.165) is 45.2 Å². The molecule has 1 fully saturated rings. The average Bonchev–Trinajstić information content (AvgIpc) is 2.69. The number of likely N-dealkylation sites (tertiary alicyclic amines) is 1. The molecule has 6 nitrogen and oxygen atoms in total. The minimum atomic E-state index is -0.109. The van der Waals surface area contributed by atoms with E-state index in [4.69, 9.17) is 0 Å². The van der Waals surface area contributed by atoms with Crippen molar-refractivity contribution in [3.63, 3.8) is 0 Å². The number of hydrogen-bond acceptors (Lipinski definition) is 4. The van der Waals surface area contributed by atoms with Crippen molar-refractivity contribution < 1.29 is 4.79 Å². The quantitative estimate of drug-likeness (QED) is 0.807. The number of rotatable bonds is 6. The number of amides is 1. The number of unbranched alkanes of at least 4 members (excludes halogenated alkanes) is 2. The molecule has 1 aliphatic rings. The molecular weight excluding hydrogens is 328 g/mol. The first-order valence-electron chi connectivity index (χ1n) is 9.62. The molecule has 1 N–H and O–H groups in total. The first-order valence-corrected chi connectivity index (χ1v) is 9.62. The second-order valence-electron chi connectivity index (χ2n) is 6.98. The van der Waals surface area contributed by atoms with Crippen LogP contribution in [0.4, 0.5) is 0 Å². The summed E-state index contributed by atoms with van der Waals surface area (Å²) in [5.41, 5.74) is 0.293. The lowest BCUT2D eigenvalue weighted by molar-refractivity contribution is 0.0701. The second-order valence-corrected chi connectivity index (χ2v) is 6.98.